The van der Waals surface area contributed by atoms with Crippen molar-refractivity contribution in [3.05, 3.63) is 24.3 Å². The van der Waals surface area contributed by atoms with Gasteiger partial charge in [0.05, 0.1) is 11.5 Å². The van der Waals surface area contributed by atoms with Gasteiger partial charge in [0.25, 0.3) is 0 Å². The van der Waals surface area contributed by atoms with Crippen molar-refractivity contribution in [2.75, 3.05) is 16.8 Å². The summed E-state index contributed by atoms with van der Waals surface area (Å²) in [5.41, 5.74) is 0.505. The van der Waals surface area contributed by atoms with E-state index in [9.17, 15) is 23.1 Å². The second-order valence-corrected chi connectivity index (χ2v) is 8.85. The van der Waals surface area contributed by atoms with Gasteiger partial charge in [0.1, 0.15) is 11.8 Å². The lowest BCUT2D eigenvalue weighted by atomic mass is 9.98. The highest BCUT2D eigenvalue weighted by atomic mass is 32.2. The number of aromatic hydroxyl groups is 1. The molecule has 1 saturated heterocycles. The van der Waals surface area contributed by atoms with Crippen LogP contribution in [-0.2, 0) is 14.6 Å². The van der Waals surface area contributed by atoms with E-state index in [4.69, 9.17) is 0 Å². The summed E-state index contributed by atoms with van der Waals surface area (Å²) < 4.78 is 23.0. The van der Waals surface area contributed by atoms with E-state index >= 15 is 0 Å². The molecule has 3 atom stereocenters. The number of hydrogen-bond donors (Lipinski definition) is 4. The molecule has 1 aliphatic heterocycles. The van der Waals surface area contributed by atoms with Crippen LogP contribution < -0.4 is 16.0 Å². The Kier molecular flexibility index (Phi) is 6.47. The number of anilines is 1. The van der Waals surface area contributed by atoms with Crippen LogP contribution in [0, 0.1) is 5.92 Å². The Bertz CT molecular complexity index is 748. The first-order valence-corrected chi connectivity index (χ1v) is 10.4. The molecule has 1 fully saturated rings. The van der Waals surface area contributed by atoms with Crippen molar-refractivity contribution < 1.29 is 23.1 Å². The van der Waals surface area contributed by atoms with Crippen LogP contribution in [0.1, 0.15) is 26.7 Å². The highest BCUT2D eigenvalue weighted by molar-refractivity contribution is 7.91. The van der Waals surface area contributed by atoms with E-state index in [0.717, 1.165) is 0 Å². The first kappa shape index (κ1) is 20.0. The van der Waals surface area contributed by atoms with Gasteiger partial charge in [0, 0.05) is 11.7 Å². The highest BCUT2D eigenvalue weighted by Crippen LogP contribution is 2.16. The maximum absolute atomic E-state index is 12.6. The number of sulfone groups is 1. The Hall–Kier alpha value is -2.29. The largest absolute Gasteiger partial charge is 0.508 e. The molecule has 1 heterocycles. The quantitative estimate of drug-likeness (QED) is 0.550. The average Bonchev–Trinajstić information content (AvgIpc) is 2.92. The summed E-state index contributed by atoms with van der Waals surface area (Å²) in [4.78, 5) is 24.8. The molecule has 4 N–H and O–H groups in total. The van der Waals surface area contributed by atoms with Crippen molar-refractivity contribution in [3.8, 4) is 5.75 Å². The second-order valence-electron chi connectivity index (χ2n) is 6.62. The smallest absolute Gasteiger partial charge is 0.315 e. The molecule has 2 rings (SSSR count). The topological polar surface area (TPSA) is 125 Å². The van der Waals surface area contributed by atoms with Crippen LogP contribution in [0.3, 0.4) is 0 Å². The fraction of sp³-hybridized carbons (Fsp3) is 0.529. The number of phenols is 1. The third kappa shape index (κ3) is 5.62. The number of amides is 3. The number of nitrogens with one attached hydrogen (secondary N) is 3. The Morgan fingerprint density at radius 3 is 2.46 bits per heavy atom. The minimum Gasteiger partial charge on any atom is -0.508 e. The molecule has 9 heteroatoms. The minimum atomic E-state index is -3.09. The van der Waals surface area contributed by atoms with Gasteiger partial charge in [-0.05, 0) is 36.6 Å². The number of urea groups is 1. The number of rotatable bonds is 6. The van der Waals surface area contributed by atoms with Gasteiger partial charge in [0.2, 0.25) is 5.91 Å². The van der Waals surface area contributed by atoms with E-state index in [-0.39, 0.29) is 29.1 Å². The monoisotopic (exact) mass is 383 g/mol. The molecule has 0 saturated carbocycles. The summed E-state index contributed by atoms with van der Waals surface area (Å²) in [6.07, 6.45) is 1.05. The Morgan fingerprint density at radius 1 is 1.27 bits per heavy atom. The minimum absolute atomic E-state index is 0.0636. The standard InChI is InChI=1S/C17H25N3O5S/c1-3-11(2)15(16(22)18-12-4-6-14(21)7-5-12)20-17(23)19-13-8-9-26(24,25)10-13/h4-7,11,13,15,21H,3,8-10H2,1-2H3,(H,18,22)(H2,19,20,23)/t11-,13?,15+/m1/s1. The summed E-state index contributed by atoms with van der Waals surface area (Å²) in [6, 6.07) is 4.26. The molecule has 8 nitrogen and oxygen atoms in total. The van der Waals surface area contributed by atoms with Gasteiger partial charge in [-0.3, -0.25) is 4.79 Å². The van der Waals surface area contributed by atoms with E-state index in [1.54, 1.807) is 12.1 Å². The van der Waals surface area contributed by atoms with E-state index < -0.39 is 28.0 Å². The zero-order chi connectivity index (χ0) is 19.3. The molecule has 3 amide bonds. The highest BCUT2D eigenvalue weighted by Gasteiger charge is 2.31. The van der Waals surface area contributed by atoms with Crippen LogP contribution in [0.5, 0.6) is 5.75 Å². The van der Waals surface area contributed by atoms with Gasteiger partial charge >= 0.3 is 6.03 Å². The fourth-order valence-electron chi connectivity index (χ4n) is 2.74. The molecular weight excluding hydrogens is 358 g/mol. The van der Waals surface area contributed by atoms with Crippen molar-refractivity contribution in [3.63, 3.8) is 0 Å². The lowest BCUT2D eigenvalue weighted by Crippen LogP contribution is -2.53. The molecule has 1 aromatic carbocycles. The van der Waals surface area contributed by atoms with Crippen LogP contribution in [0.4, 0.5) is 10.5 Å². The second kappa shape index (κ2) is 8.39. The van der Waals surface area contributed by atoms with Crippen LogP contribution in [0.15, 0.2) is 24.3 Å². The predicted molar refractivity (Wildman–Crippen MR) is 98.7 cm³/mol. The molecule has 1 aromatic rings. The Labute approximate surface area is 153 Å². The normalized spacial score (nSPS) is 20.8. The third-order valence-corrected chi connectivity index (χ3v) is 6.25. The van der Waals surface area contributed by atoms with Gasteiger partial charge in [-0.15, -0.1) is 0 Å². The van der Waals surface area contributed by atoms with Crippen LogP contribution in [0.25, 0.3) is 0 Å². The summed E-state index contributed by atoms with van der Waals surface area (Å²) in [5.74, 6) is -0.419. The zero-order valence-electron chi connectivity index (χ0n) is 14.9. The zero-order valence-corrected chi connectivity index (χ0v) is 15.7. The van der Waals surface area contributed by atoms with Crippen molar-refractivity contribution in [2.24, 2.45) is 5.92 Å². The number of carbonyl (C=O) groups excluding carboxylic acids is 2. The molecule has 144 valence electrons. The molecule has 1 unspecified atom stereocenters. The number of carbonyl (C=O) groups is 2. The number of hydrogen-bond acceptors (Lipinski definition) is 5. The van der Waals surface area contributed by atoms with E-state index in [0.29, 0.717) is 18.5 Å². The average molecular weight is 383 g/mol. The predicted octanol–water partition coefficient (Wildman–Crippen LogP) is 1.23. The Morgan fingerprint density at radius 2 is 1.92 bits per heavy atom. The van der Waals surface area contributed by atoms with Gasteiger partial charge in [-0.2, -0.15) is 0 Å². The first-order chi connectivity index (χ1) is 12.2. The SMILES string of the molecule is CC[C@@H](C)[C@H](NC(=O)NC1CCS(=O)(=O)C1)C(=O)Nc1ccc(O)cc1. The van der Waals surface area contributed by atoms with Crippen molar-refractivity contribution >= 4 is 27.5 Å². The summed E-state index contributed by atoms with van der Waals surface area (Å²) in [7, 11) is -3.09. The van der Waals surface area contributed by atoms with Crippen LogP contribution >= 0.6 is 0 Å². The molecule has 0 aromatic heterocycles. The van der Waals surface area contributed by atoms with Gasteiger partial charge in [0.15, 0.2) is 9.84 Å². The van der Waals surface area contributed by atoms with Crippen molar-refractivity contribution in [1.29, 1.82) is 0 Å². The summed E-state index contributed by atoms with van der Waals surface area (Å²) in [5, 5.41) is 17.3. The van der Waals surface area contributed by atoms with Crippen LogP contribution in [-0.4, -0.2) is 49.1 Å². The summed E-state index contributed by atoms with van der Waals surface area (Å²) >= 11 is 0. The summed E-state index contributed by atoms with van der Waals surface area (Å²) in [6.45, 7) is 3.76. The van der Waals surface area contributed by atoms with Gasteiger partial charge < -0.3 is 21.1 Å². The van der Waals surface area contributed by atoms with E-state index in [1.807, 2.05) is 13.8 Å². The van der Waals surface area contributed by atoms with Crippen molar-refractivity contribution in [1.82, 2.24) is 10.6 Å². The maximum atomic E-state index is 12.6. The molecule has 0 aliphatic carbocycles. The molecule has 26 heavy (non-hydrogen) atoms. The molecule has 0 spiro atoms. The molecule has 0 bridgehead atoms. The fourth-order valence-corrected chi connectivity index (χ4v) is 4.42. The third-order valence-electron chi connectivity index (χ3n) is 4.48. The molecule has 1 aliphatic rings. The molecular formula is C17H25N3O5S. The van der Waals surface area contributed by atoms with Crippen molar-refractivity contribution in [2.45, 2.75) is 38.8 Å². The first-order valence-electron chi connectivity index (χ1n) is 8.57. The maximum Gasteiger partial charge on any atom is 0.315 e. The van der Waals surface area contributed by atoms with E-state index in [1.165, 1.54) is 12.1 Å². The van der Waals surface area contributed by atoms with Gasteiger partial charge in [-0.25, -0.2) is 13.2 Å². The van der Waals surface area contributed by atoms with Crippen LogP contribution in [0.2, 0.25) is 0 Å². The Balaban J connectivity index is 1.98. The van der Waals surface area contributed by atoms with Gasteiger partial charge in [-0.1, -0.05) is 20.3 Å². The molecule has 0 radical (unpaired) electrons. The lowest BCUT2D eigenvalue weighted by Gasteiger charge is -2.24. The number of phenolic OH excluding ortho intramolecular Hbond substituents is 1. The number of benzene rings is 1. The van der Waals surface area contributed by atoms with E-state index in [2.05, 4.69) is 16.0 Å². The lowest BCUT2D eigenvalue weighted by molar-refractivity contribution is -0.119.